The summed E-state index contributed by atoms with van der Waals surface area (Å²) in [5.41, 5.74) is 1.76. The molecule has 28 heavy (non-hydrogen) atoms. The highest BCUT2D eigenvalue weighted by Gasteiger charge is 2.15. The van der Waals surface area contributed by atoms with Crippen LogP contribution in [0, 0.1) is 5.82 Å². The van der Waals surface area contributed by atoms with Gasteiger partial charge in [0, 0.05) is 23.5 Å². The van der Waals surface area contributed by atoms with Crippen LogP contribution in [0.15, 0.2) is 48.5 Å². The van der Waals surface area contributed by atoms with Crippen molar-refractivity contribution in [1.29, 1.82) is 0 Å². The summed E-state index contributed by atoms with van der Waals surface area (Å²) in [6.45, 7) is 3.48. The number of carbonyl (C=O) groups excluding carboxylic acids is 3. The SMILES string of the molecule is CCC(=O)Nc1ccc(NC(=O)C(C)SCC(=O)Nc2ccc(F)cc2)cc1. The summed E-state index contributed by atoms with van der Waals surface area (Å²) in [5, 5.41) is 7.70. The largest absolute Gasteiger partial charge is 0.326 e. The van der Waals surface area contributed by atoms with Crippen LogP contribution in [0.25, 0.3) is 0 Å². The third-order valence-corrected chi connectivity index (χ3v) is 4.86. The number of amides is 3. The second-order valence-corrected chi connectivity index (χ2v) is 7.31. The Bertz CT molecular complexity index is 826. The molecule has 0 saturated heterocycles. The molecule has 0 bridgehead atoms. The number of anilines is 3. The van der Waals surface area contributed by atoms with E-state index in [0.717, 1.165) is 0 Å². The number of carbonyl (C=O) groups is 3. The molecule has 0 aromatic heterocycles. The fourth-order valence-electron chi connectivity index (χ4n) is 2.14. The standard InChI is InChI=1S/C20H22FN3O3S/c1-3-18(25)22-16-8-10-17(11-9-16)24-20(27)13(2)28-12-19(26)23-15-6-4-14(21)5-7-15/h4-11,13H,3,12H2,1-2H3,(H,22,25)(H,23,26)(H,24,27). The van der Waals surface area contributed by atoms with Gasteiger partial charge in [-0.05, 0) is 55.5 Å². The van der Waals surface area contributed by atoms with Crippen molar-refractivity contribution >= 4 is 46.5 Å². The number of nitrogens with one attached hydrogen (secondary N) is 3. The lowest BCUT2D eigenvalue weighted by atomic mass is 10.2. The summed E-state index contributed by atoms with van der Waals surface area (Å²) in [7, 11) is 0. The molecule has 0 aliphatic heterocycles. The fraction of sp³-hybridized carbons (Fsp3) is 0.250. The maximum Gasteiger partial charge on any atom is 0.237 e. The maximum absolute atomic E-state index is 12.9. The van der Waals surface area contributed by atoms with Crippen LogP contribution in [-0.2, 0) is 14.4 Å². The minimum absolute atomic E-state index is 0.0827. The summed E-state index contributed by atoms with van der Waals surface area (Å²) in [6, 6.07) is 12.3. The summed E-state index contributed by atoms with van der Waals surface area (Å²) in [5.74, 6) is -0.870. The first-order chi connectivity index (χ1) is 13.4. The van der Waals surface area contributed by atoms with Crippen molar-refractivity contribution in [3.05, 3.63) is 54.3 Å². The van der Waals surface area contributed by atoms with E-state index in [1.165, 1.54) is 36.0 Å². The lowest BCUT2D eigenvalue weighted by Gasteiger charge is -2.13. The molecule has 8 heteroatoms. The Morgan fingerprint density at radius 2 is 1.32 bits per heavy atom. The van der Waals surface area contributed by atoms with Gasteiger partial charge in [-0.25, -0.2) is 4.39 Å². The van der Waals surface area contributed by atoms with Gasteiger partial charge < -0.3 is 16.0 Å². The van der Waals surface area contributed by atoms with Crippen molar-refractivity contribution < 1.29 is 18.8 Å². The molecule has 148 valence electrons. The fourth-order valence-corrected chi connectivity index (χ4v) is 2.82. The van der Waals surface area contributed by atoms with Gasteiger partial charge in [-0.3, -0.25) is 14.4 Å². The normalized spacial score (nSPS) is 11.4. The zero-order valence-electron chi connectivity index (χ0n) is 15.6. The van der Waals surface area contributed by atoms with E-state index in [1.807, 2.05) is 0 Å². The van der Waals surface area contributed by atoms with Crippen molar-refractivity contribution in [2.45, 2.75) is 25.5 Å². The molecule has 0 aliphatic rings. The molecule has 0 aliphatic carbocycles. The Morgan fingerprint density at radius 3 is 1.86 bits per heavy atom. The van der Waals surface area contributed by atoms with E-state index >= 15 is 0 Å². The minimum Gasteiger partial charge on any atom is -0.326 e. The molecule has 2 aromatic carbocycles. The lowest BCUT2D eigenvalue weighted by molar-refractivity contribution is -0.116. The summed E-state index contributed by atoms with van der Waals surface area (Å²) in [6.07, 6.45) is 0.391. The molecular formula is C20H22FN3O3S. The van der Waals surface area contributed by atoms with Gasteiger partial charge in [-0.1, -0.05) is 6.92 Å². The van der Waals surface area contributed by atoms with E-state index in [0.29, 0.717) is 23.5 Å². The molecule has 0 heterocycles. The highest BCUT2D eigenvalue weighted by molar-refractivity contribution is 8.01. The first-order valence-electron chi connectivity index (χ1n) is 8.75. The van der Waals surface area contributed by atoms with Gasteiger partial charge in [-0.15, -0.1) is 11.8 Å². The highest BCUT2D eigenvalue weighted by atomic mass is 32.2. The number of rotatable bonds is 8. The molecule has 3 amide bonds. The van der Waals surface area contributed by atoms with Gasteiger partial charge in [0.05, 0.1) is 11.0 Å². The van der Waals surface area contributed by atoms with Gasteiger partial charge in [0.15, 0.2) is 0 Å². The average Bonchev–Trinajstić information content (AvgIpc) is 2.69. The van der Waals surface area contributed by atoms with Crippen LogP contribution in [0.1, 0.15) is 20.3 Å². The van der Waals surface area contributed by atoms with Gasteiger partial charge in [-0.2, -0.15) is 0 Å². The van der Waals surface area contributed by atoms with Crippen molar-refractivity contribution in [2.75, 3.05) is 21.7 Å². The van der Waals surface area contributed by atoms with E-state index in [-0.39, 0.29) is 29.3 Å². The van der Waals surface area contributed by atoms with Crippen molar-refractivity contribution in [3.8, 4) is 0 Å². The zero-order valence-corrected chi connectivity index (χ0v) is 16.4. The average molecular weight is 403 g/mol. The predicted molar refractivity (Wildman–Crippen MR) is 111 cm³/mol. The Labute approximate surface area is 167 Å². The number of hydrogen-bond donors (Lipinski definition) is 3. The Morgan fingerprint density at radius 1 is 0.857 bits per heavy atom. The van der Waals surface area contributed by atoms with Crippen LogP contribution >= 0.6 is 11.8 Å². The van der Waals surface area contributed by atoms with Gasteiger partial charge in [0.2, 0.25) is 17.7 Å². The Balaban J connectivity index is 1.78. The Kier molecular flexibility index (Phi) is 8.01. The maximum atomic E-state index is 12.9. The summed E-state index contributed by atoms with van der Waals surface area (Å²) < 4.78 is 12.9. The van der Waals surface area contributed by atoms with Crippen LogP contribution in [0.3, 0.4) is 0 Å². The van der Waals surface area contributed by atoms with E-state index in [4.69, 9.17) is 0 Å². The molecule has 3 N–H and O–H groups in total. The Hall–Kier alpha value is -2.87. The number of hydrogen-bond acceptors (Lipinski definition) is 4. The number of benzene rings is 2. The van der Waals surface area contributed by atoms with Gasteiger partial charge >= 0.3 is 0 Å². The van der Waals surface area contributed by atoms with Crippen LogP contribution in [0.2, 0.25) is 0 Å². The lowest BCUT2D eigenvalue weighted by Crippen LogP contribution is -2.25. The summed E-state index contributed by atoms with van der Waals surface area (Å²) in [4.78, 5) is 35.6. The van der Waals surface area contributed by atoms with Crippen molar-refractivity contribution in [2.24, 2.45) is 0 Å². The zero-order chi connectivity index (χ0) is 20.5. The molecule has 2 aromatic rings. The first kappa shape index (κ1) is 21.4. The van der Waals surface area contributed by atoms with Gasteiger partial charge in [0.25, 0.3) is 0 Å². The van der Waals surface area contributed by atoms with Gasteiger partial charge in [0.1, 0.15) is 5.82 Å². The molecular weight excluding hydrogens is 381 g/mol. The second-order valence-electron chi connectivity index (χ2n) is 5.98. The number of thioether (sulfide) groups is 1. The van der Waals surface area contributed by atoms with Crippen LogP contribution in [0.5, 0.6) is 0 Å². The minimum atomic E-state index is -0.446. The predicted octanol–water partition coefficient (Wildman–Crippen LogP) is 3.87. The van der Waals surface area contributed by atoms with E-state index in [2.05, 4.69) is 16.0 Å². The van der Waals surface area contributed by atoms with E-state index in [1.54, 1.807) is 38.1 Å². The van der Waals surface area contributed by atoms with Crippen molar-refractivity contribution in [3.63, 3.8) is 0 Å². The molecule has 0 fully saturated rings. The summed E-state index contributed by atoms with van der Waals surface area (Å²) >= 11 is 1.19. The smallest absolute Gasteiger partial charge is 0.237 e. The molecule has 2 rings (SSSR count). The highest BCUT2D eigenvalue weighted by Crippen LogP contribution is 2.17. The molecule has 0 saturated carbocycles. The monoisotopic (exact) mass is 403 g/mol. The van der Waals surface area contributed by atoms with E-state index < -0.39 is 5.25 Å². The van der Waals surface area contributed by atoms with Crippen LogP contribution < -0.4 is 16.0 Å². The van der Waals surface area contributed by atoms with Crippen LogP contribution in [0.4, 0.5) is 21.5 Å². The molecule has 1 atom stereocenters. The van der Waals surface area contributed by atoms with Crippen molar-refractivity contribution in [1.82, 2.24) is 0 Å². The third-order valence-electron chi connectivity index (χ3n) is 3.72. The molecule has 1 unspecified atom stereocenters. The molecule has 0 spiro atoms. The first-order valence-corrected chi connectivity index (χ1v) is 9.80. The quantitative estimate of drug-likeness (QED) is 0.624. The topological polar surface area (TPSA) is 87.3 Å². The number of halogens is 1. The second kappa shape index (κ2) is 10.5. The third kappa shape index (κ3) is 7.03. The molecule has 6 nitrogen and oxygen atoms in total. The van der Waals surface area contributed by atoms with Crippen LogP contribution in [-0.4, -0.2) is 28.7 Å². The van der Waals surface area contributed by atoms with E-state index in [9.17, 15) is 18.8 Å². The molecule has 0 radical (unpaired) electrons.